The quantitative estimate of drug-likeness (QED) is 0.0158. The zero-order chi connectivity index (χ0) is 90.0. The summed E-state index contributed by atoms with van der Waals surface area (Å²) in [7, 11) is -7.70. The van der Waals surface area contributed by atoms with E-state index in [1.807, 2.05) is 39.8 Å². The Morgan fingerprint density at radius 1 is 0.452 bits per heavy atom. The molecule has 0 unspecified atom stereocenters. The summed E-state index contributed by atoms with van der Waals surface area (Å²) in [4.78, 5) is 88.1. The molecule has 2 aromatic carbocycles. The Morgan fingerprint density at radius 3 is 1.06 bits per heavy atom. The molecule has 4 fully saturated rings. The van der Waals surface area contributed by atoms with Crippen LogP contribution in [0.3, 0.4) is 0 Å². The largest absolute Gasteiger partial charge is 1.00 e. The monoisotopic (exact) mass is 1880 g/mol. The standard InChI is InChI=1S/C24H24F3N5O3S.C20H21N5O2S.2C18H20F3N5O.C4H8O2.Na.H2O.39H2/c1-3-16-14-31(21(33)9-11-24(25,26)27)15-20(16)30-22-18-10-12-32(23(18)29-13-19(22)28-2)36(34,35)17-7-5-4-6-8-17;1-3-14-11-22-12-17(14)24-19-16-9-10-25(20(16)23-13-18(19)21-2)28(26,27)15-7-5-4-6-8-15;2*1-3-11-9-26(15(27)4-6-18(19,20)21)10-14(11)25-16-12-5-7-23-17(12)24-8-13(16)22-2;1-2-3-4(5)6;;;;;;;;;;;;;;;;;;;;;;;;;;;;;;;;;;;;;;;;;/h4-8,10,12-13,16,20H,3,9,11,14-15H2,1H3,(H,29,30);4-10,13-14,17,22H,3,11-12H2,1H3,(H,23,24);2*5,7-8,11,14H,3-4,6,9-10H2,1H3,(H2,23,24,25);2-3H2,1H3,(H,5,6);;1H2;39*1H/q;;;;;+1;;;;;;;;;;;;;;;;;;;;;;;;;;;;;;;;;;;;;;;;/p-1/t16-,20+;14-,17+;2*11-,14+;;;;;;;;;;;;;;;;;;;;;;;;;;;;;;;;;;;;;;;;;;/m1111........................................../s1. The van der Waals surface area contributed by atoms with E-state index in [4.69, 9.17) is 31.4 Å². The third kappa shape index (κ3) is 24.8. The second-order valence-corrected chi connectivity index (χ2v) is 33.7. The topological polar surface area (TPSA) is 367 Å². The van der Waals surface area contributed by atoms with Crippen LogP contribution >= 0.6 is 0 Å². The van der Waals surface area contributed by atoms with Crippen molar-refractivity contribution >= 4 is 133 Å². The molecule has 0 radical (unpaired) electrons. The number of fused-ring (bicyclic) bond motifs is 4. The summed E-state index contributed by atoms with van der Waals surface area (Å²) >= 11 is 0. The van der Waals surface area contributed by atoms with Crippen LogP contribution in [0.25, 0.3) is 63.5 Å². The van der Waals surface area contributed by atoms with Gasteiger partial charge in [0.1, 0.15) is 11.3 Å². The van der Waals surface area contributed by atoms with Crippen LogP contribution in [0.4, 0.5) is 85.0 Å². The number of alkyl halides is 9. The number of carboxylic acids is 1. The first-order chi connectivity index (χ1) is 59.0. The number of hydrogen-bond acceptors (Lipinski definition) is 18. The Balaban J connectivity index is -0.0000000435. The predicted molar refractivity (Wildman–Crippen MR) is 535 cm³/mol. The molecule has 0 spiro atoms. The number of amides is 3. The van der Waals surface area contributed by atoms with E-state index in [1.54, 1.807) is 73.1 Å². The normalized spacial score (nSPS) is 18.6. The van der Waals surface area contributed by atoms with Crippen molar-refractivity contribution in [3.8, 4) is 0 Å². The minimum atomic E-state index is -4.41. The van der Waals surface area contributed by atoms with Gasteiger partial charge in [0.25, 0.3) is 20.0 Å². The summed E-state index contributed by atoms with van der Waals surface area (Å²) in [5.41, 5.74) is 5.38. The van der Waals surface area contributed by atoms with Crippen molar-refractivity contribution in [2.75, 3.05) is 73.6 Å². The molecule has 126 heavy (non-hydrogen) atoms. The second-order valence-electron chi connectivity index (χ2n) is 30.1. The number of nitrogens with zero attached hydrogens (tertiary/aromatic N) is 13. The van der Waals surface area contributed by atoms with E-state index < -0.39 is 101 Å². The van der Waals surface area contributed by atoms with Gasteiger partial charge in [-0.15, -0.1) is 0 Å². The van der Waals surface area contributed by atoms with Crippen LogP contribution in [-0.4, -0.2) is 199 Å². The van der Waals surface area contributed by atoms with Gasteiger partial charge < -0.3 is 61.8 Å². The van der Waals surface area contributed by atoms with E-state index >= 15 is 0 Å². The molecule has 0 aliphatic carbocycles. The van der Waals surface area contributed by atoms with Gasteiger partial charge in [-0.05, 0) is 97.9 Å². The SMILES string of the molecule is CCCC(=O)O.[C-]#[N+]c1cnc2[nH]ccc2c1N[C@H]1CN(C(=O)CCC(F)(F)F)C[C@H]1CC.[C-]#[N+]c1cnc2[nH]ccc2c1N[C@H]1CN(C(=O)CCC(F)(F)F)C[C@H]1CC.[C-]#[N+]c1cnc2c(ccn2S(=O)(=O)c2ccccc2)c1N[C@H]1CN(C(=O)CCC(F)(F)F)C[C@H]1CC.[C-]#[N+]c1cnc2c(ccn2S(=O)(=O)c2ccccc2)c1N[C@H]1CNC[C@H]1CC.[HH].[HH].[HH].[HH].[HH].[HH].[HH].[HH].[HH].[HH].[HH].[HH].[HH].[HH].[HH].[HH].[HH].[HH].[HH].[HH].[HH].[HH].[HH].[HH].[HH].[HH].[HH].[HH].[HH].[HH].[HH].[HH].[HH].[HH].[HH].[HH].[HH].[HH].[HH].[Na+].[OH-]. The predicted octanol–water partition coefficient (Wildman–Crippen LogP) is 23.6. The van der Waals surface area contributed by atoms with Crippen LogP contribution in [0.15, 0.2) is 144 Å². The number of aromatic amines is 2. The first-order valence-corrected chi connectivity index (χ1v) is 43.0. The molecule has 14 rings (SSSR count). The van der Waals surface area contributed by atoms with Gasteiger partial charge in [0.15, 0.2) is 11.3 Å². The summed E-state index contributed by atoms with van der Waals surface area (Å²) in [5, 5.41) is 27.4. The van der Waals surface area contributed by atoms with E-state index in [0.717, 1.165) is 53.5 Å². The number of aliphatic carboxylic acids is 1. The van der Waals surface area contributed by atoms with Crippen molar-refractivity contribution in [2.24, 2.45) is 23.7 Å². The van der Waals surface area contributed by atoms with E-state index in [0.29, 0.717) is 119 Å². The molecule has 4 aliphatic heterocycles. The molecule has 42 heteroatoms. The minimum Gasteiger partial charge on any atom is -0.870 e. The molecule has 30 nitrogen and oxygen atoms in total. The molecule has 8 aromatic heterocycles. The van der Waals surface area contributed by atoms with Crippen molar-refractivity contribution in [2.45, 2.75) is 164 Å². The number of anilines is 4. The Labute approximate surface area is 801 Å². The fourth-order valence-electron chi connectivity index (χ4n) is 15.3. The molecule has 0 saturated carbocycles. The van der Waals surface area contributed by atoms with Crippen LogP contribution in [0.1, 0.15) is 167 Å². The molecule has 4 saturated heterocycles. The number of carbonyl (C=O) groups is 4. The molecule has 0 bridgehead atoms. The van der Waals surface area contributed by atoms with Crippen molar-refractivity contribution in [3.05, 3.63) is 180 Å². The first kappa shape index (κ1) is 99.8. The zero-order valence-corrected chi connectivity index (χ0v) is 73.3. The van der Waals surface area contributed by atoms with E-state index in [2.05, 4.69) is 82.8 Å². The molecular formula is C84H172F9N20NaO10S2. The van der Waals surface area contributed by atoms with E-state index in [9.17, 15) is 75.5 Å². The zero-order valence-electron chi connectivity index (χ0n) is 69.7. The third-order valence-electron chi connectivity index (χ3n) is 22.0. The van der Waals surface area contributed by atoms with Gasteiger partial charge in [-0.3, -0.25) is 29.1 Å². The summed E-state index contributed by atoms with van der Waals surface area (Å²) in [6.45, 7) is 43.4. The molecule has 10 aromatic rings. The minimum absolute atomic E-state index is 0. The van der Waals surface area contributed by atoms with Crippen LogP contribution in [-0.2, 0) is 39.2 Å². The van der Waals surface area contributed by atoms with Crippen LogP contribution in [0, 0.1) is 50.0 Å². The van der Waals surface area contributed by atoms with Gasteiger partial charge in [-0.2, -0.15) is 39.5 Å². The smallest absolute Gasteiger partial charge is 0.870 e. The van der Waals surface area contributed by atoms with Crippen molar-refractivity contribution in [1.82, 2.24) is 57.9 Å². The number of pyridine rings is 4. The fourth-order valence-corrected chi connectivity index (χ4v) is 18.0. The Hall–Kier alpha value is -11.6. The van der Waals surface area contributed by atoms with Gasteiger partial charge in [-0.25, -0.2) is 54.1 Å². The molecule has 9 N–H and O–H groups in total. The number of likely N-dealkylation sites (tertiary alicyclic amines) is 3. The number of halogens is 9. The van der Waals surface area contributed by atoms with Crippen molar-refractivity contribution in [3.63, 3.8) is 0 Å². The second kappa shape index (κ2) is 44.0. The molecule has 744 valence electrons. The number of aromatic nitrogens is 8. The molecule has 12 heterocycles. The number of carbonyl (C=O) groups excluding carboxylic acids is 3. The first-order valence-electron chi connectivity index (χ1n) is 40.1. The van der Waals surface area contributed by atoms with Crippen LogP contribution in [0.2, 0.25) is 0 Å². The molecule has 3 amide bonds. The average Bonchev–Trinajstić information content (AvgIpc) is 1.62. The van der Waals surface area contributed by atoms with Gasteiger partial charge in [0, 0.05) is 229 Å². The summed E-state index contributed by atoms with van der Waals surface area (Å²) < 4.78 is 167. The van der Waals surface area contributed by atoms with Crippen molar-refractivity contribution < 1.29 is 171 Å². The van der Waals surface area contributed by atoms with E-state index in [1.165, 1.54) is 68.0 Å². The van der Waals surface area contributed by atoms with E-state index in [-0.39, 0.29) is 160 Å². The van der Waals surface area contributed by atoms with Gasteiger partial charge in [-0.1, -0.05) is 77.4 Å². The molecular weight excluding hydrogens is 1710 g/mol. The van der Waals surface area contributed by atoms with Gasteiger partial charge in [0.2, 0.25) is 40.5 Å². The number of benzene rings is 2. The summed E-state index contributed by atoms with van der Waals surface area (Å²) in [6, 6.07) is 22.7. The number of nitrogens with one attached hydrogen (secondary N) is 7. The maximum atomic E-state index is 13.2. The Bertz CT molecular complexity index is 5840. The summed E-state index contributed by atoms with van der Waals surface area (Å²) in [6.07, 6.45) is -1.84. The maximum absolute atomic E-state index is 13.2. The van der Waals surface area contributed by atoms with Crippen molar-refractivity contribution in [1.29, 1.82) is 0 Å². The fraction of sp³-hybridized carbons (Fsp3) is 0.429. The number of rotatable bonds is 24. The Kier molecular flexibility index (Phi) is 34.9. The number of hydrogen-bond donors (Lipinski definition) is 8. The maximum Gasteiger partial charge on any atom is 1.00 e. The Morgan fingerprint density at radius 2 is 0.770 bits per heavy atom. The van der Waals surface area contributed by atoms with Gasteiger partial charge >= 0.3 is 54.1 Å². The summed E-state index contributed by atoms with van der Waals surface area (Å²) in [5.74, 6) is -1.66. The number of H-pyrrole nitrogens is 2. The van der Waals surface area contributed by atoms with Crippen LogP contribution < -0.4 is 56.1 Å². The van der Waals surface area contributed by atoms with Crippen LogP contribution in [0.5, 0.6) is 0 Å². The average molecular weight is 1880 g/mol. The number of carboxylic acid groups (broad SMARTS) is 1. The molecule has 4 aliphatic rings. The van der Waals surface area contributed by atoms with Gasteiger partial charge in [0.05, 0.1) is 78.1 Å². The third-order valence-corrected chi connectivity index (χ3v) is 25.4. The molecule has 8 atom stereocenters.